The van der Waals surface area contributed by atoms with Gasteiger partial charge in [0.05, 0.1) is 11.8 Å². The molecule has 17 heavy (non-hydrogen) atoms. The van der Waals surface area contributed by atoms with Gasteiger partial charge < -0.3 is 15.0 Å². The van der Waals surface area contributed by atoms with Crippen LogP contribution in [0.1, 0.15) is 0 Å². The van der Waals surface area contributed by atoms with Gasteiger partial charge in [-0.25, -0.2) is 0 Å². The van der Waals surface area contributed by atoms with E-state index in [2.05, 4.69) is 5.16 Å². The van der Waals surface area contributed by atoms with Gasteiger partial charge in [0, 0.05) is 11.5 Å². The molecule has 5 heteroatoms. The summed E-state index contributed by atoms with van der Waals surface area (Å²) < 4.78 is 10.6. The van der Waals surface area contributed by atoms with E-state index < -0.39 is 0 Å². The summed E-state index contributed by atoms with van der Waals surface area (Å²) in [7, 11) is 0. The minimum absolute atomic E-state index is 0.342. The van der Waals surface area contributed by atoms with E-state index >= 15 is 0 Å². The Bertz CT molecular complexity index is 505. The zero-order valence-electron chi connectivity index (χ0n) is 9.13. The monoisotopic (exact) mass is 248 g/mol. The van der Waals surface area contributed by atoms with Crippen molar-refractivity contribution >= 4 is 17.6 Å². The first-order valence-electron chi connectivity index (χ1n) is 5.38. The van der Waals surface area contributed by atoms with Crippen LogP contribution in [0, 0.1) is 0 Å². The smallest absolute Gasteiger partial charge is 0.229 e. The second kappa shape index (κ2) is 4.33. The SMILES string of the molecule is Nc1oncc1-c1ccc(OC2CSC2)cc1. The maximum atomic E-state index is 5.76. The van der Waals surface area contributed by atoms with Gasteiger partial charge in [0.15, 0.2) is 0 Å². The first kappa shape index (κ1) is 10.5. The topological polar surface area (TPSA) is 61.3 Å². The summed E-state index contributed by atoms with van der Waals surface area (Å²) in [6, 6.07) is 7.82. The molecule has 0 saturated carbocycles. The number of nitrogen functional groups attached to an aromatic ring is 1. The first-order valence-corrected chi connectivity index (χ1v) is 6.53. The zero-order chi connectivity index (χ0) is 11.7. The van der Waals surface area contributed by atoms with Crippen molar-refractivity contribution in [2.24, 2.45) is 0 Å². The molecule has 1 aliphatic heterocycles. The Morgan fingerprint density at radius 1 is 1.29 bits per heavy atom. The van der Waals surface area contributed by atoms with Gasteiger partial charge in [0.2, 0.25) is 5.88 Å². The minimum Gasteiger partial charge on any atom is -0.489 e. The van der Waals surface area contributed by atoms with Gasteiger partial charge in [0.25, 0.3) is 0 Å². The lowest BCUT2D eigenvalue weighted by molar-refractivity contribution is 0.240. The van der Waals surface area contributed by atoms with Crippen molar-refractivity contribution in [2.75, 3.05) is 17.2 Å². The predicted molar refractivity (Wildman–Crippen MR) is 68.1 cm³/mol. The van der Waals surface area contributed by atoms with Crippen LogP contribution < -0.4 is 10.5 Å². The van der Waals surface area contributed by atoms with E-state index in [1.54, 1.807) is 6.20 Å². The maximum Gasteiger partial charge on any atom is 0.229 e. The van der Waals surface area contributed by atoms with Crippen LogP contribution in [0.15, 0.2) is 35.0 Å². The Morgan fingerprint density at radius 2 is 2.06 bits per heavy atom. The van der Waals surface area contributed by atoms with Gasteiger partial charge in [-0.3, -0.25) is 0 Å². The van der Waals surface area contributed by atoms with Gasteiger partial charge in [-0.2, -0.15) is 11.8 Å². The van der Waals surface area contributed by atoms with Crippen molar-refractivity contribution in [2.45, 2.75) is 6.10 Å². The van der Waals surface area contributed by atoms with Gasteiger partial charge in [-0.05, 0) is 17.7 Å². The largest absolute Gasteiger partial charge is 0.489 e. The lowest BCUT2D eigenvalue weighted by Gasteiger charge is -2.25. The summed E-state index contributed by atoms with van der Waals surface area (Å²) in [5.74, 6) is 3.41. The Balaban J connectivity index is 1.77. The van der Waals surface area contributed by atoms with E-state index in [-0.39, 0.29) is 0 Å². The highest BCUT2D eigenvalue weighted by atomic mass is 32.2. The molecule has 0 atom stereocenters. The van der Waals surface area contributed by atoms with Crippen molar-refractivity contribution < 1.29 is 9.26 Å². The number of anilines is 1. The van der Waals surface area contributed by atoms with Gasteiger partial charge in [-0.1, -0.05) is 17.3 Å². The fraction of sp³-hybridized carbons (Fsp3) is 0.250. The molecule has 2 aromatic rings. The number of nitrogens with zero attached hydrogens (tertiary/aromatic N) is 1. The first-order chi connectivity index (χ1) is 8.33. The van der Waals surface area contributed by atoms with Gasteiger partial charge in [-0.15, -0.1) is 0 Å². The summed E-state index contributed by atoms with van der Waals surface area (Å²) in [5, 5.41) is 3.66. The normalized spacial score (nSPS) is 15.5. The van der Waals surface area contributed by atoms with Crippen LogP contribution >= 0.6 is 11.8 Å². The van der Waals surface area contributed by atoms with E-state index in [0.29, 0.717) is 12.0 Å². The van der Waals surface area contributed by atoms with Crippen molar-refractivity contribution in [1.82, 2.24) is 5.16 Å². The molecule has 1 aromatic heterocycles. The Kier molecular flexibility index (Phi) is 2.68. The summed E-state index contributed by atoms with van der Waals surface area (Å²) in [6.07, 6.45) is 1.99. The summed E-state index contributed by atoms with van der Waals surface area (Å²) in [5.41, 5.74) is 7.46. The van der Waals surface area contributed by atoms with Crippen LogP contribution in [-0.4, -0.2) is 22.8 Å². The third-order valence-electron chi connectivity index (χ3n) is 2.67. The highest BCUT2D eigenvalue weighted by Gasteiger charge is 2.19. The highest BCUT2D eigenvalue weighted by Crippen LogP contribution is 2.28. The Labute approximate surface area is 103 Å². The molecule has 0 spiro atoms. The van der Waals surface area contributed by atoms with Crippen LogP contribution in [0.3, 0.4) is 0 Å². The quantitative estimate of drug-likeness (QED) is 0.903. The molecule has 3 rings (SSSR count). The Morgan fingerprint density at radius 3 is 2.59 bits per heavy atom. The summed E-state index contributed by atoms with van der Waals surface area (Å²) >= 11 is 1.91. The molecule has 1 aliphatic rings. The van der Waals surface area contributed by atoms with E-state index in [9.17, 15) is 0 Å². The number of nitrogens with two attached hydrogens (primary N) is 1. The van der Waals surface area contributed by atoms with Crippen LogP contribution in [0.5, 0.6) is 5.75 Å². The molecular formula is C12H12N2O2S. The Hall–Kier alpha value is -1.62. The summed E-state index contributed by atoms with van der Waals surface area (Å²) in [6.45, 7) is 0. The molecule has 0 amide bonds. The minimum atomic E-state index is 0.342. The van der Waals surface area contributed by atoms with Crippen LogP contribution in [0.25, 0.3) is 11.1 Å². The number of ether oxygens (including phenoxy) is 1. The molecule has 1 fully saturated rings. The van der Waals surface area contributed by atoms with E-state index in [4.69, 9.17) is 15.0 Å². The fourth-order valence-corrected chi connectivity index (χ4v) is 2.22. The molecule has 2 N–H and O–H groups in total. The van der Waals surface area contributed by atoms with Gasteiger partial charge >= 0.3 is 0 Å². The molecule has 1 aromatic carbocycles. The molecular weight excluding hydrogens is 236 g/mol. The van der Waals surface area contributed by atoms with Crippen LogP contribution in [0.2, 0.25) is 0 Å². The third-order valence-corrected chi connectivity index (χ3v) is 3.89. The maximum absolute atomic E-state index is 5.76. The van der Waals surface area contributed by atoms with Crippen molar-refractivity contribution in [3.05, 3.63) is 30.5 Å². The highest BCUT2D eigenvalue weighted by molar-refractivity contribution is 8.00. The standard InChI is InChI=1S/C12H12N2O2S/c13-12-11(5-14-16-12)8-1-3-9(4-2-8)15-10-6-17-7-10/h1-5,10H,6-7,13H2. The molecule has 0 unspecified atom stereocenters. The zero-order valence-corrected chi connectivity index (χ0v) is 9.94. The summed E-state index contributed by atoms with van der Waals surface area (Å²) in [4.78, 5) is 0. The van der Waals surface area contributed by atoms with E-state index in [1.807, 2.05) is 36.0 Å². The second-order valence-electron chi connectivity index (χ2n) is 3.91. The number of thioether (sulfide) groups is 1. The average Bonchev–Trinajstić information content (AvgIpc) is 2.71. The molecule has 0 bridgehead atoms. The molecule has 0 radical (unpaired) electrons. The van der Waals surface area contributed by atoms with Crippen molar-refractivity contribution in [3.8, 4) is 16.9 Å². The fourth-order valence-electron chi connectivity index (χ4n) is 1.65. The van der Waals surface area contributed by atoms with Crippen LogP contribution in [-0.2, 0) is 0 Å². The second-order valence-corrected chi connectivity index (χ2v) is 4.98. The molecule has 2 heterocycles. The number of benzene rings is 1. The molecule has 88 valence electrons. The number of hydrogen-bond donors (Lipinski definition) is 1. The van der Waals surface area contributed by atoms with E-state index in [1.165, 1.54) is 0 Å². The number of rotatable bonds is 3. The number of aromatic nitrogens is 1. The third kappa shape index (κ3) is 2.10. The van der Waals surface area contributed by atoms with Gasteiger partial charge in [0.1, 0.15) is 11.9 Å². The van der Waals surface area contributed by atoms with Crippen LogP contribution in [0.4, 0.5) is 5.88 Å². The van der Waals surface area contributed by atoms with E-state index in [0.717, 1.165) is 28.4 Å². The van der Waals surface area contributed by atoms with Crippen molar-refractivity contribution in [3.63, 3.8) is 0 Å². The van der Waals surface area contributed by atoms with Crippen molar-refractivity contribution in [1.29, 1.82) is 0 Å². The molecule has 1 saturated heterocycles. The number of hydrogen-bond acceptors (Lipinski definition) is 5. The lowest BCUT2D eigenvalue weighted by Crippen LogP contribution is -2.30. The molecule has 0 aliphatic carbocycles. The lowest BCUT2D eigenvalue weighted by atomic mass is 10.1. The molecule has 4 nitrogen and oxygen atoms in total. The average molecular weight is 248 g/mol. The predicted octanol–water partition coefficient (Wildman–Crippen LogP) is 2.42.